The highest BCUT2D eigenvalue weighted by Crippen LogP contribution is 2.32. The van der Waals surface area contributed by atoms with Gasteiger partial charge in [0.15, 0.2) is 0 Å². The maximum atomic E-state index is 6.11. The highest BCUT2D eigenvalue weighted by Gasteiger charge is 2.28. The van der Waals surface area contributed by atoms with Crippen LogP contribution in [0.25, 0.3) is 0 Å². The summed E-state index contributed by atoms with van der Waals surface area (Å²) >= 11 is 1.86. The minimum absolute atomic E-state index is 0.483. The molecule has 2 N–H and O–H groups in total. The van der Waals surface area contributed by atoms with E-state index in [0.29, 0.717) is 12.1 Å². The van der Waals surface area contributed by atoms with Crippen molar-refractivity contribution in [1.29, 1.82) is 0 Å². The fraction of sp³-hybridized carbons (Fsp3) is 0.750. The van der Waals surface area contributed by atoms with Crippen molar-refractivity contribution in [1.82, 2.24) is 4.90 Å². The van der Waals surface area contributed by atoms with Crippen molar-refractivity contribution in [2.24, 2.45) is 11.7 Å². The third-order valence-electron chi connectivity index (χ3n) is 4.77. The molecule has 2 nitrogen and oxygen atoms in total. The Balaban J connectivity index is 2.03. The fourth-order valence-corrected chi connectivity index (χ4v) is 4.24. The van der Waals surface area contributed by atoms with E-state index in [1.54, 1.807) is 0 Å². The molecule has 0 saturated heterocycles. The van der Waals surface area contributed by atoms with E-state index in [1.165, 1.54) is 43.4 Å². The van der Waals surface area contributed by atoms with Crippen molar-refractivity contribution in [3.63, 3.8) is 0 Å². The quantitative estimate of drug-likeness (QED) is 0.825. The number of likely N-dealkylation sites (N-methyl/N-ethyl adjacent to an activating group) is 1. The molecular weight excluding hydrogens is 252 g/mol. The van der Waals surface area contributed by atoms with Gasteiger partial charge in [0.05, 0.1) is 0 Å². The van der Waals surface area contributed by atoms with Crippen molar-refractivity contribution < 1.29 is 0 Å². The molecule has 3 heteroatoms. The smallest absolute Gasteiger partial charge is 0.0413 e. The fourth-order valence-electron chi connectivity index (χ4n) is 3.40. The van der Waals surface area contributed by atoms with Gasteiger partial charge in [0.2, 0.25) is 0 Å². The van der Waals surface area contributed by atoms with E-state index in [0.717, 1.165) is 12.5 Å². The number of hydrogen-bond donors (Lipinski definition) is 1. The summed E-state index contributed by atoms with van der Waals surface area (Å²) in [6, 6.07) is 5.41. The van der Waals surface area contributed by atoms with Gasteiger partial charge in [-0.1, -0.05) is 31.7 Å². The van der Waals surface area contributed by atoms with Gasteiger partial charge >= 0.3 is 0 Å². The van der Waals surface area contributed by atoms with Crippen LogP contribution in [0.1, 0.15) is 56.4 Å². The lowest BCUT2D eigenvalue weighted by molar-refractivity contribution is 0.128. The first-order valence-electron chi connectivity index (χ1n) is 7.69. The van der Waals surface area contributed by atoms with Crippen LogP contribution in [0.2, 0.25) is 0 Å². The summed E-state index contributed by atoms with van der Waals surface area (Å²) < 4.78 is 0. The summed E-state index contributed by atoms with van der Waals surface area (Å²) in [5, 5.41) is 2.17. The summed E-state index contributed by atoms with van der Waals surface area (Å²) in [5.41, 5.74) is 6.11. The maximum absolute atomic E-state index is 6.11. The Morgan fingerprint density at radius 1 is 1.32 bits per heavy atom. The van der Waals surface area contributed by atoms with E-state index in [2.05, 4.69) is 36.4 Å². The Morgan fingerprint density at radius 2 is 2.00 bits per heavy atom. The number of hydrogen-bond acceptors (Lipinski definition) is 3. The Bertz CT molecular complexity index is 342. The topological polar surface area (TPSA) is 29.3 Å². The van der Waals surface area contributed by atoms with Gasteiger partial charge in [0.25, 0.3) is 0 Å². The second kappa shape index (κ2) is 7.41. The van der Waals surface area contributed by atoms with Crippen LogP contribution in [-0.4, -0.2) is 24.5 Å². The molecule has 1 aliphatic carbocycles. The predicted molar refractivity (Wildman–Crippen MR) is 84.5 cm³/mol. The van der Waals surface area contributed by atoms with Crippen LogP contribution in [0.15, 0.2) is 17.5 Å². The second-order valence-electron chi connectivity index (χ2n) is 5.91. The van der Waals surface area contributed by atoms with Crippen LogP contribution in [0, 0.1) is 5.92 Å². The zero-order valence-electron chi connectivity index (χ0n) is 12.3. The molecule has 108 valence electrons. The van der Waals surface area contributed by atoms with Gasteiger partial charge in [-0.05, 0) is 44.2 Å². The molecular formula is C16H28N2S. The van der Waals surface area contributed by atoms with E-state index < -0.39 is 0 Å². The van der Waals surface area contributed by atoms with Crippen LogP contribution < -0.4 is 5.73 Å². The third kappa shape index (κ3) is 3.80. The zero-order valence-corrected chi connectivity index (χ0v) is 13.2. The molecule has 0 aliphatic heterocycles. The van der Waals surface area contributed by atoms with Gasteiger partial charge < -0.3 is 5.73 Å². The number of thiophene rings is 1. The highest BCUT2D eigenvalue weighted by atomic mass is 32.1. The van der Waals surface area contributed by atoms with Crippen molar-refractivity contribution >= 4 is 11.3 Å². The summed E-state index contributed by atoms with van der Waals surface area (Å²) in [4.78, 5) is 3.97. The summed E-state index contributed by atoms with van der Waals surface area (Å²) in [6.45, 7) is 3.10. The molecule has 0 amide bonds. The maximum Gasteiger partial charge on any atom is 0.0413 e. The van der Waals surface area contributed by atoms with E-state index >= 15 is 0 Å². The van der Waals surface area contributed by atoms with Crippen LogP contribution in [0.5, 0.6) is 0 Å². The monoisotopic (exact) mass is 280 g/mol. The Kier molecular flexibility index (Phi) is 5.86. The average molecular weight is 280 g/mol. The molecule has 1 aromatic rings. The molecule has 1 aromatic heterocycles. The minimum Gasteiger partial charge on any atom is -0.329 e. The van der Waals surface area contributed by atoms with Gasteiger partial charge in [0, 0.05) is 23.5 Å². The van der Waals surface area contributed by atoms with E-state index in [9.17, 15) is 0 Å². The summed E-state index contributed by atoms with van der Waals surface area (Å²) in [5.74, 6) is 0.792. The van der Waals surface area contributed by atoms with Gasteiger partial charge in [-0.2, -0.15) is 0 Å². The van der Waals surface area contributed by atoms with Crippen LogP contribution >= 0.6 is 11.3 Å². The summed E-state index contributed by atoms with van der Waals surface area (Å²) in [6.07, 6.45) is 8.34. The van der Waals surface area contributed by atoms with Gasteiger partial charge in [-0.25, -0.2) is 0 Å². The largest absolute Gasteiger partial charge is 0.329 e. The zero-order chi connectivity index (χ0) is 13.7. The minimum atomic E-state index is 0.483. The molecule has 2 unspecified atom stereocenters. The lowest BCUT2D eigenvalue weighted by atomic mass is 9.90. The molecule has 2 atom stereocenters. The standard InChI is InChI=1S/C16H28N2S/c1-13(16-10-7-11-19-16)18(2)15(12-17)14-8-5-3-4-6-9-14/h7,10-11,13-15H,3-6,8-9,12,17H2,1-2H3. The first-order valence-corrected chi connectivity index (χ1v) is 8.57. The Labute approximate surface area is 122 Å². The van der Waals surface area contributed by atoms with Crippen LogP contribution in [0.3, 0.4) is 0 Å². The predicted octanol–water partition coefficient (Wildman–Crippen LogP) is 4.04. The van der Waals surface area contributed by atoms with Crippen molar-refractivity contribution in [2.45, 2.75) is 57.5 Å². The normalized spacial score (nSPS) is 21.3. The third-order valence-corrected chi connectivity index (χ3v) is 5.82. The van der Waals surface area contributed by atoms with Gasteiger partial charge in [-0.3, -0.25) is 4.90 Å². The molecule has 1 fully saturated rings. The van der Waals surface area contributed by atoms with Crippen LogP contribution in [0.4, 0.5) is 0 Å². The van der Waals surface area contributed by atoms with E-state index in [-0.39, 0.29) is 0 Å². The van der Waals surface area contributed by atoms with E-state index in [4.69, 9.17) is 5.73 Å². The van der Waals surface area contributed by atoms with Gasteiger partial charge in [0.1, 0.15) is 0 Å². The lowest BCUT2D eigenvalue weighted by Gasteiger charge is -2.37. The van der Waals surface area contributed by atoms with Crippen molar-refractivity contribution in [2.75, 3.05) is 13.6 Å². The SMILES string of the molecule is CC(c1cccs1)N(C)C(CN)C1CCCCCC1. The molecule has 19 heavy (non-hydrogen) atoms. The molecule has 0 aromatic carbocycles. The molecule has 1 saturated carbocycles. The molecule has 2 rings (SSSR count). The van der Waals surface area contributed by atoms with Crippen molar-refractivity contribution in [3.05, 3.63) is 22.4 Å². The van der Waals surface area contributed by atoms with Crippen LogP contribution in [-0.2, 0) is 0 Å². The highest BCUT2D eigenvalue weighted by molar-refractivity contribution is 7.10. The molecule has 0 radical (unpaired) electrons. The second-order valence-corrected chi connectivity index (χ2v) is 6.89. The van der Waals surface area contributed by atoms with E-state index in [1.807, 2.05) is 11.3 Å². The summed E-state index contributed by atoms with van der Waals surface area (Å²) in [7, 11) is 2.26. The number of rotatable bonds is 5. The first-order chi connectivity index (χ1) is 9.24. The lowest BCUT2D eigenvalue weighted by Crippen LogP contribution is -2.44. The average Bonchev–Trinajstić information content (AvgIpc) is 2.83. The molecule has 0 spiro atoms. The Hall–Kier alpha value is -0.380. The molecule has 1 aliphatic rings. The van der Waals surface area contributed by atoms with Crippen molar-refractivity contribution in [3.8, 4) is 0 Å². The number of nitrogens with two attached hydrogens (primary N) is 1. The van der Waals surface area contributed by atoms with Gasteiger partial charge in [-0.15, -0.1) is 11.3 Å². The molecule has 0 bridgehead atoms. The first kappa shape index (κ1) is 15.0. The molecule has 1 heterocycles. The number of nitrogens with zero attached hydrogens (tertiary/aromatic N) is 1. The Morgan fingerprint density at radius 3 is 2.53 bits per heavy atom.